The number of nitrogens with one attached hydrogen (secondary N) is 1. The van der Waals surface area contributed by atoms with Crippen LogP contribution in [0.25, 0.3) is 0 Å². The fourth-order valence-electron chi connectivity index (χ4n) is 4.32. The van der Waals surface area contributed by atoms with E-state index in [1.54, 1.807) is 43.0 Å². The Morgan fingerprint density at radius 2 is 1.63 bits per heavy atom. The zero-order valence-electron chi connectivity index (χ0n) is 20.2. The number of nitrogens with two attached hydrogens (primary N) is 1. The second kappa shape index (κ2) is 11.0. The summed E-state index contributed by atoms with van der Waals surface area (Å²) in [5.41, 5.74) is 9.16. The Morgan fingerprint density at radius 3 is 2.31 bits per heavy atom. The number of rotatable bonds is 7. The van der Waals surface area contributed by atoms with E-state index < -0.39 is 0 Å². The van der Waals surface area contributed by atoms with Crippen molar-refractivity contribution in [2.24, 2.45) is 0 Å². The van der Waals surface area contributed by atoms with Crippen molar-refractivity contribution in [3.05, 3.63) is 78.4 Å². The van der Waals surface area contributed by atoms with Crippen molar-refractivity contribution in [1.82, 2.24) is 4.90 Å². The number of nitrogen functional groups attached to an aromatic ring is 1. The molecule has 3 aromatic carbocycles. The number of para-hydroxylation sites is 3. The molecule has 1 aliphatic heterocycles. The van der Waals surface area contributed by atoms with Gasteiger partial charge in [0.25, 0.3) is 0 Å². The van der Waals surface area contributed by atoms with E-state index in [2.05, 4.69) is 5.32 Å². The first-order valence-electron chi connectivity index (χ1n) is 11.9. The molecule has 4 rings (SSSR count). The summed E-state index contributed by atoms with van der Waals surface area (Å²) in [4.78, 5) is 28.1. The van der Waals surface area contributed by atoms with E-state index in [1.165, 1.54) is 0 Å². The highest BCUT2D eigenvalue weighted by Gasteiger charge is 2.22. The van der Waals surface area contributed by atoms with Gasteiger partial charge in [-0.3, -0.25) is 9.59 Å². The second-order valence-corrected chi connectivity index (χ2v) is 8.83. The third kappa shape index (κ3) is 6.12. The first-order valence-corrected chi connectivity index (χ1v) is 11.9. The summed E-state index contributed by atoms with van der Waals surface area (Å²) in [6.45, 7) is 5.09. The summed E-state index contributed by atoms with van der Waals surface area (Å²) >= 11 is 0. The minimum atomic E-state index is -0.0806. The summed E-state index contributed by atoms with van der Waals surface area (Å²) < 4.78 is 6.12. The molecule has 0 aliphatic carbocycles. The SMILES string of the molecule is CC(=O)N1CCC(Nc2ccccc2CN(C(C)=O)c2ccccc2Oc2ccc(N)cc2)CC1. The van der Waals surface area contributed by atoms with E-state index in [9.17, 15) is 9.59 Å². The number of anilines is 3. The fraction of sp³-hybridized carbons (Fsp3) is 0.286. The number of carbonyl (C=O) groups is 2. The Morgan fingerprint density at radius 1 is 0.971 bits per heavy atom. The molecule has 0 spiro atoms. The van der Waals surface area contributed by atoms with Crippen molar-refractivity contribution in [1.29, 1.82) is 0 Å². The molecule has 1 saturated heterocycles. The Kier molecular flexibility index (Phi) is 7.55. The van der Waals surface area contributed by atoms with Gasteiger partial charge in [-0.2, -0.15) is 0 Å². The molecule has 182 valence electrons. The van der Waals surface area contributed by atoms with Crippen LogP contribution in [0.5, 0.6) is 11.5 Å². The minimum Gasteiger partial charge on any atom is -0.455 e. The van der Waals surface area contributed by atoms with Crippen molar-refractivity contribution in [3.63, 3.8) is 0 Å². The largest absolute Gasteiger partial charge is 0.455 e. The number of amides is 2. The van der Waals surface area contributed by atoms with Crippen LogP contribution < -0.4 is 20.7 Å². The number of piperidine rings is 1. The number of benzene rings is 3. The van der Waals surface area contributed by atoms with Crippen molar-refractivity contribution < 1.29 is 14.3 Å². The lowest BCUT2D eigenvalue weighted by molar-refractivity contribution is -0.129. The van der Waals surface area contributed by atoms with E-state index in [4.69, 9.17) is 10.5 Å². The van der Waals surface area contributed by atoms with Gasteiger partial charge in [-0.15, -0.1) is 0 Å². The van der Waals surface area contributed by atoms with Crippen LogP contribution >= 0.6 is 0 Å². The van der Waals surface area contributed by atoms with Gasteiger partial charge in [0, 0.05) is 44.4 Å². The van der Waals surface area contributed by atoms with E-state index >= 15 is 0 Å². The van der Waals surface area contributed by atoms with Gasteiger partial charge in [0.05, 0.1) is 12.2 Å². The van der Waals surface area contributed by atoms with Gasteiger partial charge in [-0.05, 0) is 60.9 Å². The smallest absolute Gasteiger partial charge is 0.224 e. The maximum absolute atomic E-state index is 12.8. The highest BCUT2D eigenvalue weighted by atomic mass is 16.5. The minimum absolute atomic E-state index is 0.0806. The average Bonchev–Trinajstić information content (AvgIpc) is 2.85. The fourth-order valence-corrected chi connectivity index (χ4v) is 4.32. The topological polar surface area (TPSA) is 87.9 Å². The van der Waals surface area contributed by atoms with Gasteiger partial charge in [-0.25, -0.2) is 0 Å². The maximum atomic E-state index is 12.8. The third-order valence-corrected chi connectivity index (χ3v) is 6.29. The molecule has 3 aromatic rings. The zero-order chi connectivity index (χ0) is 24.8. The number of hydrogen-bond acceptors (Lipinski definition) is 5. The quantitative estimate of drug-likeness (QED) is 0.471. The Balaban J connectivity index is 1.54. The molecule has 0 radical (unpaired) electrons. The van der Waals surface area contributed by atoms with Gasteiger partial charge in [0.15, 0.2) is 5.75 Å². The predicted molar refractivity (Wildman–Crippen MR) is 140 cm³/mol. The van der Waals surface area contributed by atoms with Crippen molar-refractivity contribution in [2.75, 3.05) is 29.0 Å². The van der Waals surface area contributed by atoms with E-state index in [0.717, 1.165) is 37.2 Å². The molecular formula is C28H32N4O3. The molecular weight excluding hydrogens is 440 g/mol. The second-order valence-electron chi connectivity index (χ2n) is 8.83. The molecule has 7 heteroatoms. The number of carbonyl (C=O) groups excluding carboxylic acids is 2. The van der Waals surface area contributed by atoms with Gasteiger partial charge < -0.3 is 25.6 Å². The molecule has 0 unspecified atom stereocenters. The molecule has 1 heterocycles. The molecule has 2 amide bonds. The van der Waals surface area contributed by atoms with Crippen LogP contribution in [0.4, 0.5) is 17.1 Å². The molecule has 1 aliphatic rings. The normalized spacial score (nSPS) is 13.8. The van der Waals surface area contributed by atoms with Crippen LogP contribution in [0, 0.1) is 0 Å². The van der Waals surface area contributed by atoms with Gasteiger partial charge >= 0.3 is 0 Å². The first kappa shape index (κ1) is 24.1. The van der Waals surface area contributed by atoms with Gasteiger partial charge in [0.1, 0.15) is 5.75 Å². The Hall–Kier alpha value is -4.00. The zero-order valence-corrected chi connectivity index (χ0v) is 20.2. The lowest BCUT2D eigenvalue weighted by Crippen LogP contribution is -2.41. The van der Waals surface area contributed by atoms with Gasteiger partial charge in [-0.1, -0.05) is 30.3 Å². The predicted octanol–water partition coefficient (Wildman–Crippen LogP) is 5.04. The molecule has 0 bridgehead atoms. The lowest BCUT2D eigenvalue weighted by Gasteiger charge is -2.33. The molecule has 0 aromatic heterocycles. The van der Waals surface area contributed by atoms with E-state index in [0.29, 0.717) is 29.4 Å². The van der Waals surface area contributed by atoms with E-state index in [1.807, 2.05) is 53.4 Å². The highest BCUT2D eigenvalue weighted by molar-refractivity contribution is 5.93. The summed E-state index contributed by atoms with van der Waals surface area (Å²) in [6.07, 6.45) is 1.78. The van der Waals surface area contributed by atoms with E-state index in [-0.39, 0.29) is 17.9 Å². The summed E-state index contributed by atoms with van der Waals surface area (Å²) in [5, 5.41) is 3.65. The molecule has 7 nitrogen and oxygen atoms in total. The van der Waals surface area contributed by atoms with Crippen molar-refractivity contribution in [2.45, 2.75) is 39.3 Å². The van der Waals surface area contributed by atoms with Crippen molar-refractivity contribution in [3.8, 4) is 11.5 Å². The number of nitrogens with zero attached hydrogens (tertiary/aromatic N) is 2. The van der Waals surface area contributed by atoms with Crippen LogP contribution in [-0.4, -0.2) is 35.8 Å². The number of ether oxygens (including phenoxy) is 1. The van der Waals surface area contributed by atoms with Crippen LogP contribution in [0.3, 0.4) is 0 Å². The molecule has 0 saturated carbocycles. The Labute approximate surface area is 206 Å². The highest BCUT2D eigenvalue weighted by Crippen LogP contribution is 2.34. The third-order valence-electron chi connectivity index (χ3n) is 6.29. The molecule has 1 fully saturated rings. The maximum Gasteiger partial charge on any atom is 0.224 e. The monoisotopic (exact) mass is 472 g/mol. The standard InChI is InChI=1S/C28H32N4O3/c1-20(33)31-17-15-24(16-18-31)30-26-8-4-3-7-22(26)19-32(21(2)34)27-9-5-6-10-28(27)35-25-13-11-23(29)12-14-25/h3-14,24,30H,15-19,29H2,1-2H3. The first-order chi connectivity index (χ1) is 16.9. The van der Waals surface area contributed by atoms with Gasteiger partial charge in [0.2, 0.25) is 11.8 Å². The lowest BCUT2D eigenvalue weighted by atomic mass is 10.0. The summed E-state index contributed by atoms with van der Waals surface area (Å²) in [5.74, 6) is 1.28. The average molecular weight is 473 g/mol. The Bertz CT molecular complexity index is 1170. The van der Waals surface area contributed by atoms with Crippen LogP contribution in [0.2, 0.25) is 0 Å². The number of hydrogen-bond donors (Lipinski definition) is 2. The van der Waals surface area contributed by atoms with Crippen LogP contribution in [0.1, 0.15) is 32.3 Å². The van der Waals surface area contributed by atoms with Crippen LogP contribution in [-0.2, 0) is 16.1 Å². The molecule has 3 N–H and O–H groups in total. The number of likely N-dealkylation sites (tertiary alicyclic amines) is 1. The summed E-state index contributed by atoms with van der Waals surface area (Å²) in [7, 11) is 0. The molecule has 0 atom stereocenters. The van der Waals surface area contributed by atoms with Crippen LogP contribution in [0.15, 0.2) is 72.8 Å². The summed E-state index contributed by atoms with van der Waals surface area (Å²) in [6, 6.07) is 23.0. The molecule has 35 heavy (non-hydrogen) atoms. The van der Waals surface area contributed by atoms with Crippen molar-refractivity contribution >= 4 is 28.9 Å².